The number of likely N-dealkylation sites (N-methyl/N-ethyl adjacent to an activating group) is 1. The van der Waals surface area contributed by atoms with Gasteiger partial charge in [0.2, 0.25) is 5.91 Å². The number of aromatic nitrogens is 3. The Morgan fingerprint density at radius 1 is 1.28 bits per heavy atom. The number of anilines is 1. The molecule has 1 aliphatic rings. The molecule has 0 bridgehead atoms. The van der Waals surface area contributed by atoms with Crippen LogP contribution in [-0.2, 0) is 16.1 Å². The molecule has 1 aliphatic heterocycles. The molecule has 152 valence electrons. The van der Waals surface area contributed by atoms with E-state index in [2.05, 4.69) is 33.8 Å². The molecule has 7 heteroatoms. The second-order valence-electron chi connectivity index (χ2n) is 7.70. The number of piperidine rings is 1. The number of likely N-dealkylation sites (tertiary alicyclic amines) is 1. The highest BCUT2D eigenvalue weighted by atomic mass is 16.5. The van der Waals surface area contributed by atoms with Gasteiger partial charge in [0.05, 0.1) is 18.0 Å². The fourth-order valence-corrected chi connectivity index (χ4v) is 4.00. The monoisotopic (exact) mass is 393 g/mol. The Kier molecular flexibility index (Phi) is 5.76. The zero-order valence-electron chi connectivity index (χ0n) is 16.9. The number of aromatic amines is 1. The number of rotatable bonds is 6. The summed E-state index contributed by atoms with van der Waals surface area (Å²) in [4.78, 5) is 28.7. The van der Waals surface area contributed by atoms with Crippen LogP contribution in [0, 0.1) is 5.92 Å². The van der Waals surface area contributed by atoms with Crippen LogP contribution >= 0.6 is 0 Å². The maximum absolute atomic E-state index is 12.7. The number of carbonyl (C=O) groups is 1. The predicted octanol–water partition coefficient (Wildman–Crippen LogP) is 2.85. The molecule has 2 aromatic heterocycles. The fourth-order valence-electron chi connectivity index (χ4n) is 4.00. The summed E-state index contributed by atoms with van der Waals surface area (Å²) < 4.78 is 5.66. The Bertz CT molecular complexity index is 958. The minimum atomic E-state index is 0.0423. The minimum Gasteiger partial charge on any atom is -0.367 e. The maximum Gasteiger partial charge on any atom is 0.248 e. The lowest BCUT2D eigenvalue weighted by Crippen LogP contribution is -2.53. The number of carbonyl (C=O) groups excluding carboxylic acids is 1. The molecule has 0 aliphatic carbocycles. The maximum atomic E-state index is 12.7. The Morgan fingerprint density at radius 3 is 2.93 bits per heavy atom. The molecular weight excluding hydrogens is 366 g/mol. The molecule has 4 rings (SSSR count). The molecule has 1 saturated heterocycles. The van der Waals surface area contributed by atoms with Crippen molar-refractivity contribution in [2.24, 2.45) is 5.92 Å². The van der Waals surface area contributed by atoms with E-state index in [0.717, 1.165) is 35.4 Å². The summed E-state index contributed by atoms with van der Waals surface area (Å²) in [5.74, 6) is 1.39. The molecule has 0 radical (unpaired) electrons. The van der Waals surface area contributed by atoms with Gasteiger partial charge in [0.15, 0.2) is 0 Å². The number of hydrogen-bond donors (Lipinski definition) is 1. The van der Waals surface area contributed by atoms with Crippen molar-refractivity contribution in [3.8, 4) is 0 Å². The summed E-state index contributed by atoms with van der Waals surface area (Å²) in [6, 6.07) is 12.1. The average Bonchev–Trinajstić information content (AvgIpc) is 3.23. The van der Waals surface area contributed by atoms with E-state index < -0.39 is 0 Å². The molecule has 0 spiro atoms. The van der Waals surface area contributed by atoms with Crippen molar-refractivity contribution in [1.29, 1.82) is 0 Å². The summed E-state index contributed by atoms with van der Waals surface area (Å²) in [5.41, 5.74) is 1.90. The van der Waals surface area contributed by atoms with Gasteiger partial charge < -0.3 is 19.5 Å². The van der Waals surface area contributed by atoms with Crippen molar-refractivity contribution >= 4 is 22.8 Å². The van der Waals surface area contributed by atoms with E-state index in [9.17, 15) is 4.79 Å². The Labute approximate surface area is 170 Å². The van der Waals surface area contributed by atoms with Gasteiger partial charge in [-0.3, -0.25) is 4.79 Å². The Hall–Kier alpha value is -2.93. The molecule has 2 atom stereocenters. The van der Waals surface area contributed by atoms with Crippen LogP contribution in [-0.4, -0.2) is 58.5 Å². The first-order chi connectivity index (χ1) is 14.1. The normalized spacial score (nSPS) is 19.4. The molecule has 29 heavy (non-hydrogen) atoms. The number of benzene rings is 1. The Balaban J connectivity index is 1.39. The first-order valence-corrected chi connectivity index (χ1v) is 10.0. The number of H-pyrrole nitrogens is 1. The SMILES string of the molecule is C[C@@H]1CCN(C(=O)COCc2ccccc2)C[C@@H]1N(C)c1ncnc2[nH]ccc12. The molecule has 1 fully saturated rings. The smallest absolute Gasteiger partial charge is 0.248 e. The van der Waals surface area contributed by atoms with Crippen LogP contribution in [0.4, 0.5) is 5.82 Å². The number of fused-ring (bicyclic) bond motifs is 1. The number of amides is 1. The van der Waals surface area contributed by atoms with Gasteiger partial charge in [-0.05, 0) is 24.0 Å². The topological polar surface area (TPSA) is 74.3 Å². The molecule has 0 unspecified atom stereocenters. The van der Waals surface area contributed by atoms with Gasteiger partial charge in [0, 0.05) is 26.3 Å². The Morgan fingerprint density at radius 2 is 2.10 bits per heavy atom. The first-order valence-electron chi connectivity index (χ1n) is 10.0. The number of nitrogens with zero attached hydrogens (tertiary/aromatic N) is 4. The van der Waals surface area contributed by atoms with E-state index in [1.807, 2.05) is 47.5 Å². The number of hydrogen-bond acceptors (Lipinski definition) is 5. The largest absolute Gasteiger partial charge is 0.367 e. The van der Waals surface area contributed by atoms with E-state index in [0.29, 0.717) is 19.1 Å². The van der Waals surface area contributed by atoms with Crippen molar-refractivity contribution in [1.82, 2.24) is 19.9 Å². The lowest BCUT2D eigenvalue weighted by molar-refractivity contribution is -0.138. The van der Waals surface area contributed by atoms with Crippen LogP contribution in [0.1, 0.15) is 18.9 Å². The molecule has 1 amide bonds. The van der Waals surface area contributed by atoms with Crippen LogP contribution in [0.5, 0.6) is 0 Å². The van der Waals surface area contributed by atoms with Gasteiger partial charge in [0.1, 0.15) is 24.4 Å². The summed E-state index contributed by atoms with van der Waals surface area (Å²) in [7, 11) is 2.05. The van der Waals surface area contributed by atoms with Gasteiger partial charge in [-0.15, -0.1) is 0 Å². The molecule has 1 aromatic carbocycles. The number of ether oxygens (including phenoxy) is 1. The molecule has 1 N–H and O–H groups in total. The fraction of sp³-hybridized carbons (Fsp3) is 0.409. The van der Waals surface area contributed by atoms with E-state index in [-0.39, 0.29) is 18.6 Å². The van der Waals surface area contributed by atoms with Crippen molar-refractivity contribution in [2.75, 3.05) is 31.6 Å². The van der Waals surface area contributed by atoms with Gasteiger partial charge in [0.25, 0.3) is 0 Å². The van der Waals surface area contributed by atoms with Crippen molar-refractivity contribution in [2.45, 2.75) is 26.0 Å². The molecule has 0 saturated carbocycles. The van der Waals surface area contributed by atoms with Crippen molar-refractivity contribution in [3.63, 3.8) is 0 Å². The third kappa shape index (κ3) is 4.24. The van der Waals surface area contributed by atoms with Crippen LogP contribution in [0.25, 0.3) is 11.0 Å². The van der Waals surface area contributed by atoms with Crippen LogP contribution in [0.3, 0.4) is 0 Å². The zero-order valence-corrected chi connectivity index (χ0v) is 16.9. The first kappa shape index (κ1) is 19.4. The highest BCUT2D eigenvalue weighted by molar-refractivity contribution is 5.87. The second kappa shape index (κ2) is 8.61. The predicted molar refractivity (Wildman–Crippen MR) is 113 cm³/mol. The van der Waals surface area contributed by atoms with Crippen LogP contribution in [0.2, 0.25) is 0 Å². The molecular formula is C22H27N5O2. The lowest BCUT2D eigenvalue weighted by atomic mass is 9.92. The van der Waals surface area contributed by atoms with Gasteiger partial charge >= 0.3 is 0 Å². The molecule has 3 aromatic rings. The third-order valence-electron chi connectivity index (χ3n) is 5.77. The summed E-state index contributed by atoms with van der Waals surface area (Å²) in [6.07, 6.45) is 4.42. The van der Waals surface area contributed by atoms with E-state index in [1.165, 1.54) is 0 Å². The average molecular weight is 393 g/mol. The summed E-state index contributed by atoms with van der Waals surface area (Å²) >= 11 is 0. The highest BCUT2D eigenvalue weighted by Crippen LogP contribution is 2.28. The second-order valence-corrected chi connectivity index (χ2v) is 7.70. The van der Waals surface area contributed by atoms with Gasteiger partial charge in [-0.25, -0.2) is 9.97 Å². The summed E-state index contributed by atoms with van der Waals surface area (Å²) in [5, 5.41) is 0.997. The minimum absolute atomic E-state index is 0.0423. The van der Waals surface area contributed by atoms with E-state index >= 15 is 0 Å². The molecule has 7 nitrogen and oxygen atoms in total. The standard InChI is InChI=1S/C22H27N5O2/c1-16-9-11-27(20(28)14-29-13-17-6-4-3-5-7-17)12-19(16)26(2)22-18-8-10-23-21(18)24-15-25-22/h3-8,10,15-16,19H,9,11-14H2,1-2H3,(H,23,24,25)/t16-,19+/m1/s1. The zero-order chi connectivity index (χ0) is 20.2. The van der Waals surface area contributed by atoms with Crippen LogP contribution < -0.4 is 4.90 Å². The van der Waals surface area contributed by atoms with Gasteiger partial charge in [-0.1, -0.05) is 37.3 Å². The quantitative estimate of drug-likeness (QED) is 0.697. The number of nitrogens with one attached hydrogen (secondary N) is 1. The van der Waals surface area contributed by atoms with Crippen molar-refractivity contribution < 1.29 is 9.53 Å². The van der Waals surface area contributed by atoms with Crippen LogP contribution in [0.15, 0.2) is 48.9 Å². The lowest BCUT2D eigenvalue weighted by Gasteiger charge is -2.42. The molecule has 3 heterocycles. The van der Waals surface area contributed by atoms with E-state index in [4.69, 9.17) is 4.74 Å². The summed E-state index contributed by atoms with van der Waals surface area (Å²) in [6.45, 7) is 4.23. The van der Waals surface area contributed by atoms with Crippen molar-refractivity contribution in [3.05, 3.63) is 54.5 Å². The van der Waals surface area contributed by atoms with E-state index in [1.54, 1.807) is 6.33 Å². The van der Waals surface area contributed by atoms with Gasteiger partial charge in [-0.2, -0.15) is 0 Å². The third-order valence-corrected chi connectivity index (χ3v) is 5.77. The highest BCUT2D eigenvalue weighted by Gasteiger charge is 2.32.